The van der Waals surface area contributed by atoms with Gasteiger partial charge in [0.1, 0.15) is 0 Å². The van der Waals surface area contributed by atoms with E-state index in [4.69, 9.17) is 11.6 Å². The molecule has 5 heteroatoms. The van der Waals surface area contributed by atoms with Crippen molar-refractivity contribution in [3.05, 3.63) is 34.9 Å². The summed E-state index contributed by atoms with van der Waals surface area (Å²) in [5.41, 5.74) is 0.814. The molecule has 3 rings (SSSR count). The fourth-order valence-electron chi connectivity index (χ4n) is 3.90. The molecule has 1 aromatic carbocycles. The van der Waals surface area contributed by atoms with Crippen molar-refractivity contribution in [2.45, 2.75) is 37.5 Å². The van der Waals surface area contributed by atoms with E-state index in [9.17, 15) is 4.79 Å². The number of likely N-dealkylation sites (tertiary alicyclic amines) is 1. The standard InChI is InChI=1S/C20H29ClN2OS/c1-25-13-3-12-23-11-2-4-16(15-23)14-22-19(24)20(9-10-20)17-5-7-18(21)8-6-17/h5-8,16H,2-4,9-15H2,1H3,(H,22,24)/t16-/m0/s1. The molecule has 138 valence electrons. The van der Waals surface area contributed by atoms with Gasteiger partial charge in [-0.05, 0) is 80.8 Å². The Morgan fingerprint density at radius 1 is 1.36 bits per heavy atom. The summed E-state index contributed by atoms with van der Waals surface area (Å²) in [6, 6.07) is 7.78. The topological polar surface area (TPSA) is 32.3 Å². The minimum atomic E-state index is -0.294. The van der Waals surface area contributed by atoms with Crippen molar-refractivity contribution in [2.24, 2.45) is 5.92 Å². The Kier molecular flexibility index (Phi) is 6.70. The largest absolute Gasteiger partial charge is 0.355 e. The van der Waals surface area contributed by atoms with Crippen molar-refractivity contribution in [3.8, 4) is 0 Å². The lowest BCUT2D eigenvalue weighted by atomic mass is 9.93. The summed E-state index contributed by atoms with van der Waals surface area (Å²) in [7, 11) is 0. The van der Waals surface area contributed by atoms with Crippen molar-refractivity contribution in [1.29, 1.82) is 0 Å². The van der Waals surface area contributed by atoms with E-state index in [1.165, 1.54) is 38.1 Å². The van der Waals surface area contributed by atoms with E-state index in [1.54, 1.807) is 0 Å². The molecule has 3 nitrogen and oxygen atoms in total. The van der Waals surface area contributed by atoms with Crippen LogP contribution in [0.15, 0.2) is 24.3 Å². The number of rotatable bonds is 8. The highest BCUT2D eigenvalue weighted by atomic mass is 35.5. The predicted octanol–water partition coefficient (Wildman–Crippen LogP) is 3.95. The molecule has 1 amide bonds. The first-order chi connectivity index (χ1) is 12.1. The average Bonchev–Trinajstić information content (AvgIpc) is 3.43. The highest BCUT2D eigenvalue weighted by molar-refractivity contribution is 7.98. The van der Waals surface area contributed by atoms with Crippen LogP contribution in [-0.4, -0.2) is 49.0 Å². The number of piperidine rings is 1. The Hall–Kier alpha value is -0.710. The number of amides is 1. The van der Waals surface area contributed by atoms with Crippen LogP contribution in [0.3, 0.4) is 0 Å². The van der Waals surface area contributed by atoms with E-state index in [0.29, 0.717) is 5.92 Å². The Labute approximate surface area is 160 Å². The fraction of sp³-hybridized carbons (Fsp3) is 0.650. The molecule has 0 bridgehead atoms. The second-order valence-electron chi connectivity index (χ2n) is 7.45. The van der Waals surface area contributed by atoms with E-state index in [1.807, 2.05) is 36.0 Å². The number of hydrogen-bond donors (Lipinski definition) is 1. The molecule has 1 N–H and O–H groups in total. The Morgan fingerprint density at radius 2 is 2.12 bits per heavy atom. The molecule has 0 spiro atoms. The number of thioether (sulfide) groups is 1. The van der Waals surface area contributed by atoms with Gasteiger partial charge in [0.05, 0.1) is 5.41 Å². The van der Waals surface area contributed by atoms with Gasteiger partial charge in [0.15, 0.2) is 0 Å². The van der Waals surface area contributed by atoms with Crippen LogP contribution in [0.2, 0.25) is 5.02 Å². The van der Waals surface area contributed by atoms with Gasteiger partial charge in [-0.1, -0.05) is 23.7 Å². The van der Waals surface area contributed by atoms with E-state index < -0.39 is 0 Å². The van der Waals surface area contributed by atoms with Gasteiger partial charge in [0, 0.05) is 18.1 Å². The molecular formula is C20H29ClN2OS. The van der Waals surface area contributed by atoms with Crippen LogP contribution >= 0.6 is 23.4 Å². The third-order valence-corrected chi connectivity index (χ3v) is 6.51. The molecule has 25 heavy (non-hydrogen) atoms. The van der Waals surface area contributed by atoms with Crippen LogP contribution in [0.4, 0.5) is 0 Å². The number of benzene rings is 1. The summed E-state index contributed by atoms with van der Waals surface area (Å²) in [6.07, 6.45) is 7.82. The van der Waals surface area contributed by atoms with Crippen molar-refractivity contribution in [2.75, 3.05) is 38.2 Å². The third kappa shape index (κ3) is 4.93. The molecule has 2 aliphatic rings. The molecule has 0 radical (unpaired) electrons. The van der Waals surface area contributed by atoms with Crippen molar-refractivity contribution in [3.63, 3.8) is 0 Å². The molecule has 1 atom stereocenters. The summed E-state index contributed by atoms with van der Waals surface area (Å²) < 4.78 is 0. The maximum atomic E-state index is 12.8. The smallest absolute Gasteiger partial charge is 0.230 e. The second-order valence-corrected chi connectivity index (χ2v) is 8.88. The first-order valence-corrected chi connectivity index (χ1v) is 11.2. The van der Waals surface area contributed by atoms with Crippen LogP contribution in [-0.2, 0) is 10.2 Å². The quantitative estimate of drug-likeness (QED) is 0.693. The van der Waals surface area contributed by atoms with Gasteiger partial charge < -0.3 is 10.2 Å². The van der Waals surface area contributed by atoms with Gasteiger partial charge in [0.2, 0.25) is 5.91 Å². The molecule has 1 heterocycles. The number of carbonyl (C=O) groups is 1. The fourth-order valence-corrected chi connectivity index (χ4v) is 4.44. The normalized spacial score (nSPS) is 22.6. The Balaban J connectivity index is 1.48. The lowest BCUT2D eigenvalue weighted by Gasteiger charge is -2.33. The highest BCUT2D eigenvalue weighted by Crippen LogP contribution is 2.48. The molecule has 1 aliphatic heterocycles. The minimum absolute atomic E-state index is 0.203. The number of nitrogens with one attached hydrogen (secondary N) is 1. The van der Waals surface area contributed by atoms with Gasteiger partial charge in [0.25, 0.3) is 0 Å². The van der Waals surface area contributed by atoms with Crippen molar-refractivity contribution < 1.29 is 4.79 Å². The molecule has 1 aliphatic carbocycles. The van der Waals surface area contributed by atoms with Crippen molar-refractivity contribution in [1.82, 2.24) is 10.2 Å². The van der Waals surface area contributed by atoms with E-state index in [2.05, 4.69) is 16.5 Å². The van der Waals surface area contributed by atoms with Crippen molar-refractivity contribution >= 4 is 29.3 Å². The van der Waals surface area contributed by atoms with E-state index in [0.717, 1.165) is 36.5 Å². The molecule has 1 saturated carbocycles. The van der Waals surface area contributed by atoms with E-state index >= 15 is 0 Å². The van der Waals surface area contributed by atoms with Gasteiger partial charge in [-0.3, -0.25) is 4.79 Å². The van der Waals surface area contributed by atoms with Gasteiger partial charge in [-0.2, -0.15) is 11.8 Å². The number of halogens is 1. The third-order valence-electron chi connectivity index (χ3n) is 5.56. The van der Waals surface area contributed by atoms with Crippen LogP contribution in [0, 0.1) is 5.92 Å². The predicted molar refractivity (Wildman–Crippen MR) is 108 cm³/mol. The molecule has 0 unspecified atom stereocenters. The summed E-state index contributed by atoms with van der Waals surface area (Å²) in [5, 5.41) is 3.98. The molecule has 2 fully saturated rings. The number of carbonyl (C=O) groups excluding carboxylic acids is 1. The minimum Gasteiger partial charge on any atom is -0.355 e. The zero-order valence-corrected chi connectivity index (χ0v) is 16.7. The summed E-state index contributed by atoms with van der Waals surface area (Å²) >= 11 is 7.90. The molecule has 1 aromatic rings. The lowest BCUT2D eigenvalue weighted by molar-refractivity contribution is -0.123. The highest BCUT2D eigenvalue weighted by Gasteiger charge is 2.51. The zero-order chi connectivity index (χ0) is 17.7. The summed E-state index contributed by atoms with van der Waals surface area (Å²) in [4.78, 5) is 15.4. The number of nitrogens with zero attached hydrogens (tertiary/aromatic N) is 1. The first kappa shape index (κ1) is 19.1. The second kappa shape index (κ2) is 8.79. The molecular weight excluding hydrogens is 352 g/mol. The summed E-state index contributed by atoms with van der Waals surface area (Å²) in [6.45, 7) is 4.35. The van der Waals surface area contributed by atoms with Gasteiger partial charge in [-0.25, -0.2) is 0 Å². The van der Waals surface area contributed by atoms with Crippen LogP contribution in [0.25, 0.3) is 0 Å². The zero-order valence-electron chi connectivity index (χ0n) is 15.1. The van der Waals surface area contributed by atoms with Gasteiger partial charge >= 0.3 is 0 Å². The number of hydrogen-bond acceptors (Lipinski definition) is 3. The Bertz CT molecular complexity index is 574. The SMILES string of the molecule is CSCCCN1CCC[C@@H](CNC(=O)C2(c3ccc(Cl)cc3)CC2)C1. The first-order valence-electron chi connectivity index (χ1n) is 9.40. The lowest BCUT2D eigenvalue weighted by Crippen LogP contribution is -2.43. The van der Waals surface area contributed by atoms with Crippen LogP contribution in [0.1, 0.15) is 37.7 Å². The van der Waals surface area contributed by atoms with Gasteiger partial charge in [-0.15, -0.1) is 0 Å². The molecule has 0 aromatic heterocycles. The monoisotopic (exact) mass is 380 g/mol. The Morgan fingerprint density at radius 3 is 2.80 bits per heavy atom. The van der Waals surface area contributed by atoms with Crippen LogP contribution < -0.4 is 5.32 Å². The maximum Gasteiger partial charge on any atom is 0.230 e. The summed E-state index contributed by atoms with van der Waals surface area (Å²) in [5.74, 6) is 2.03. The molecule has 1 saturated heterocycles. The van der Waals surface area contributed by atoms with Crippen LogP contribution in [0.5, 0.6) is 0 Å². The average molecular weight is 381 g/mol. The maximum absolute atomic E-state index is 12.8. The van der Waals surface area contributed by atoms with E-state index in [-0.39, 0.29) is 11.3 Å².